The zero-order valence-electron chi connectivity index (χ0n) is 12.8. The molecule has 0 saturated carbocycles. The molecule has 21 heavy (non-hydrogen) atoms. The zero-order valence-corrected chi connectivity index (χ0v) is 12.8. The topological polar surface area (TPSA) is 87.7 Å². The summed E-state index contributed by atoms with van der Waals surface area (Å²) >= 11 is 0. The van der Waals surface area contributed by atoms with E-state index in [0.717, 1.165) is 5.75 Å². The van der Waals surface area contributed by atoms with Gasteiger partial charge < -0.3 is 20.5 Å². The van der Waals surface area contributed by atoms with Crippen LogP contribution in [0.15, 0.2) is 24.3 Å². The summed E-state index contributed by atoms with van der Waals surface area (Å²) < 4.78 is 5.50. The van der Waals surface area contributed by atoms with Crippen molar-refractivity contribution in [2.45, 2.75) is 33.8 Å². The van der Waals surface area contributed by atoms with Crippen molar-refractivity contribution < 1.29 is 19.4 Å². The van der Waals surface area contributed by atoms with Crippen LogP contribution >= 0.6 is 0 Å². The maximum atomic E-state index is 11.7. The van der Waals surface area contributed by atoms with Gasteiger partial charge in [0.1, 0.15) is 5.75 Å². The van der Waals surface area contributed by atoms with Gasteiger partial charge in [-0.3, -0.25) is 4.79 Å². The molecule has 0 fully saturated rings. The Balaban J connectivity index is 2.50. The third-order valence-corrected chi connectivity index (χ3v) is 2.75. The molecular formula is C15H22N2O4. The molecule has 0 radical (unpaired) electrons. The van der Waals surface area contributed by atoms with Gasteiger partial charge in [-0.2, -0.15) is 0 Å². The van der Waals surface area contributed by atoms with Gasteiger partial charge in [0.2, 0.25) is 0 Å². The first kappa shape index (κ1) is 16.8. The molecule has 116 valence electrons. The molecular weight excluding hydrogens is 272 g/mol. The SMILES string of the molecule is CC(C)Oc1ccc(NC(=O)NCC(C)(C)C(=O)O)cc1. The quantitative estimate of drug-likeness (QED) is 0.752. The van der Waals surface area contributed by atoms with Crippen LogP contribution in [0.25, 0.3) is 0 Å². The average molecular weight is 294 g/mol. The van der Waals surface area contributed by atoms with Crippen LogP contribution in [0.1, 0.15) is 27.7 Å². The highest BCUT2D eigenvalue weighted by atomic mass is 16.5. The van der Waals surface area contributed by atoms with E-state index in [0.29, 0.717) is 5.69 Å². The van der Waals surface area contributed by atoms with Crippen molar-refractivity contribution in [1.82, 2.24) is 5.32 Å². The van der Waals surface area contributed by atoms with Crippen LogP contribution in [0.5, 0.6) is 5.75 Å². The average Bonchev–Trinajstić information content (AvgIpc) is 2.38. The summed E-state index contributed by atoms with van der Waals surface area (Å²) in [6, 6.07) is 6.52. The van der Waals surface area contributed by atoms with E-state index in [-0.39, 0.29) is 12.6 Å². The maximum absolute atomic E-state index is 11.7. The summed E-state index contributed by atoms with van der Waals surface area (Å²) in [6.07, 6.45) is 0.0883. The van der Waals surface area contributed by atoms with Gasteiger partial charge >= 0.3 is 12.0 Å². The number of carboxylic acids is 1. The highest BCUT2D eigenvalue weighted by Crippen LogP contribution is 2.17. The van der Waals surface area contributed by atoms with Crippen molar-refractivity contribution in [2.24, 2.45) is 5.41 Å². The number of urea groups is 1. The number of amides is 2. The number of ether oxygens (including phenoxy) is 1. The zero-order chi connectivity index (χ0) is 16.0. The lowest BCUT2D eigenvalue weighted by Gasteiger charge is -2.19. The Kier molecular flexibility index (Phi) is 5.58. The molecule has 1 aromatic rings. The number of anilines is 1. The van der Waals surface area contributed by atoms with Gasteiger partial charge in [-0.1, -0.05) is 0 Å². The monoisotopic (exact) mass is 294 g/mol. The van der Waals surface area contributed by atoms with E-state index < -0.39 is 17.4 Å². The van der Waals surface area contributed by atoms with Gasteiger partial charge in [-0.25, -0.2) is 4.79 Å². The summed E-state index contributed by atoms with van der Waals surface area (Å²) in [6.45, 7) is 7.01. The van der Waals surface area contributed by atoms with Crippen LogP contribution < -0.4 is 15.4 Å². The highest BCUT2D eigenvalue weighted by molar-refractivity contribution is 5.89. The number of carbonyl (C=O) groups is 2. The van der Waals surface area contributed by atoms with Crippen LogP contribution in [0, 0.1) is 5.41 Å². The van der Waals surface area contributed by atoms with Crippen LogP contribution in [-0.2, 0) is 4.79 Å². The minimum absolute atomic E-state index is 0.0444. The fourth-order valence-electron chi connectivity index (χ4n) is 1.44. The molecule has 1 aromatic carbocycles. The third kappa shape index (κ3) is 5.72. The molecule has 0 spiro atoms. The molecule has 0 aromatic heterocycles. The van der Waals surface area contributed by atoms with E-state index in [1.807, 2.05) is 13.8 Å². The molecule has 0 atom stereocenters. The summed E-state index contributed by atoms with van der Waals surface area (Å²) in [5, 5.41) is 14.1. The lowest BCUT2D eigenvalue weighted by atomic mass is 9.94. The van der Waals surface area contributed by atoms with Crippen LogP contribution in [0.4, 0.5) is 10.5 Å². The van der Waals surface area contributed by atoms with Gasteiger partial charge in [-0.05, 0) is 52.0 Å². The van der Waals surface area contributed by atoms with Crippen molar-refractivity contribution in [2.75, 3.05) is 11.9 Å². The van der Waals surface area contributed by atoms with E-state index in [1.165, 1.54) is 0 Å². The number of carbonyl (C=O) groups excluding carboxylic acids is 1. The molecule has 0 aliphatic rings. The molecule has 0 aliphatic heterocycles. The predicted octanol–water partition coefficient (Wildman–Crippen LogP) is 2.71. The highest BCUT2D eigenvalue weighted by Gasteiger charge is 2.27. The van der Waals surface area contributed by atoms with E-state index in [9.17, 15) is 9.59 Å². The number of hydrogen-bond donors (Lipinski definition) is 3. The predicted molar refractivity (Wildman–Crippen MR) is 80.6 cm³/mol. The molecule has 0 bridgehead atoms. The molecule has 0 saturated heterocycles. The van der Waals surface area contributed by atoms with E-state index in [1.54, 1.807) is 38.1 Å². The number of benzene rings is 1. The normalized spacial score (nSPS) is 11.1. The molecule has 6 heteroatoms. The van der Waals surface area contributed by atoms with E-state index in [4.69, 9.17) is 9.84 Å². The Morgan fingerprint density at radius 1 is 1.24 bits per heavy atom. The lowest BCUT2D eigenvalue weighted by molar-refractivity contribution is -0.146. The lowest BCUT2D eigenvalue weighted by Crippen LogP contribution is -2.40. The van der Waals surface area contributed by atoms with Gasteiger partial charge in [0, 0.05) is 12.2 Å². The summed E-state index contributed by atoms with van der Waals surface area (Å²) in [7, 11) is 0. The second kappa shape index (κ2) is 6.97. The second-order valence-electron chi connectivity index (χ2n) is 5.69. The third-order valence-electron chi connectivity index (χ3n) is 2.75. The Hall–Kier alpha value is -2.24. The van der Waals surface area contributed by atoms with Gasteiger partial charge in [-0.15, -0.1) is 0 Å². The fourth-order valence-corrected chi connectivity index (χ4v) is 1.44. The minimum Gasteiger partial charge on any atom is -0.491 e. The smallest absolute Gasteiger partial charge is 0.319 e. The van der Waals surface area contributed by atoms with E-state index in [2.05, 4.69) is 10.6 Å². The van der Waals surface area contributed by atoms with Crippen LogP contribution in [0.3, 0.4) is 0 Å². The first-order valence-electron chi connectivity index (χ1n) is 6.75. The summed E-state index contributed by atoms with van der Waals surface area (Å²) in [5.74, 6) is -0.235. The van der Waals surface area contributed by atoms with Crippen molar-refractivity contribution in [1.29, 1.82) is 0 Å². The number of aliphatic carboxylic acids is 1. The molecule has 2 amide bonds. The largest absolute Gasteiger partial charge is 0.491 e. The van der Waals surface area contributed by atoms with Crippen LogP contribution in [-0.4, -0.2) is 29.8 Å². The Bertz CT molecular complexity index is 495. The van der Waals surface area contributed by atoms with Crippen molar-refractivity contribution >= 4 is 17.7 Å². The first-order valence-corrected chi connectivity index (χ1v) is 6.75. The van der Waals surface area contributed by atoms with Crippen molar-refractivity contribution in [3.8, 4) is 5.75 Å². The second-order valence-corrected chi connectivity index (χ2v) is 5.69. The molecule has 0 heterocycles. The van der Waals surface area contributed by atoms with Crippen molar-refractivity contribution in [3.63, 3.8) is 0 Å². The molecule has 1 rings (SSSR count). The van der Waals surface area contributed by atoms with Gasteiger partial charge in [0.15, 0.2) is 0 Å². The maximum Gasteiger partial charge on any atom is 0.319 e. The number of carboxylic acid groups (broad SMARTS) is 1. The molecule has 6 nitrogen and oxygen atoms in total. The molecule has 0 aliphatic carbocycles. The summed E-state index contributed by atoms with van der Waals surface area (Å²) in [4.78, 5) is 22.6. The fraction of sp³-hybridized carbons (Fsp3) is 0.467. The van der Waals surface area contributed by atoms with Crippen LogP contribution in [0.2, 0.25) is 0 Å². The van der Waals surface area contributed by atoms with E-state index >= 15 is 0 Å². The Morgan fingerprint density at radius 2 is 1.81 bits per heavy atom. The van der Waals surface area contributed by atoms with Gasteiger partial charge in [0.25, 0.3) is 0 Å². The first-order chi connectivity index (χ1) is 9.70. The summed E-state index contributed by atoms with van der Waals surface area (Å²) in [5.41, 5.74) is -0.400. The van der Waals surface area contributed by atoms with Gasteiger partial charge in [0.05, 0.1) is 11.5 Å². The van der Waals surface area contributed by atoms with Crippen molar-refractivity contribution in [3.05, 3.63) is 24.3 Å². The Labute approximate surface area is 124 Å². The number of hydrogen-bond acceptors (Lipinski definition) is 3. The number of rotatable bonds is 6. The Morgan fingerprint density at radius 3 is 2.29 bits per heavy atom. The number of nitrogens with one attached hydrogen (secondary N) is 2. The molecule has 0 unspecified atom stereocenters. The minimum atomic E-state index is -1.01. The molecule has 3 N–H and O–H groups in total. The standard InChI is InChI=1S/C15H22N2O4/c1-10(2)21-12-7-5-11(6-8-12)17-14(20)16-9-15(3,4)13(18)19/h5-8,10H,9H2,1-4H3,(H,18,19)(H2,16,17,20).